The topological polar surface area (TPSA) is 118 Å². The highest BCUT2D eigenvalue weighted by Gasteiger charge is 2.47. The number of piperazine rings is 1. The Morgan fingerprint density at radius 3 is 2.57 bits per heavy atom. The monoisotopic (exact) mass is 483 g/mol. The Hall–Kier alpha value is -3.47. The highest BCUT2D eigenvalue weighted by atomic mass is 16.5. The molecule has 2 aliphatic rings. The number of fused-ring (bicyclic) bond motifs is 1. The summed E-state index contributed by atoms with van der Waals surface area (Å²) in [5, 5.41) is 8.66. The van der Waals surface area contributed by atoms with E-state index in [4.69, 9.17) is 4.74 Å². The largest absolute Gasteiger partial charge is 0.379 e. The molecule has 2 amide bonds. The van der Waals surface area contributed by atoms with E-state index in [2.05, 4.69) is 15.2 Å². The third-order valence-electron chi connectivity index (χ3n) is 6.85. The van der Waals surface area contributed by atoms with Crippen LogP contribution < -0.4 is 5.56 Å². The van der Waals surface area contributed by atoms with Crippen LogP contribution >= 0.6 is 0 Å². The number of aromatic amines is 1. The molecule has 3 aromatic heterocycles. The molecule has 4 heterocycles. The van der Waals surface area contributed by atoms with Gasteiger partial charge >= 0.3 is 0 Å². The summed E-state index contributed by atoms with van der Waals surface area (Å²) < 4.78 is 7.89. The summed E-state index contributed by atoms with van der Waals surface area (Å²) in [5.74, 6) is 0.131. The number of aromatic nitrogens is 5. The van der Waals surface area contributed by atoms with Crippen molar-refractivity contribution in [3.05, 3.63) is 46.1 Å². The van der Waals surface area contributed by atoms with Crippen molar-refractivity contribution in [3.8, 4) is 5.95 Å². The van der Waals surface area contributed by atoms with E-state index in [1.807, 2.05) is 25.7 Å². The van der Waals surface area contributed by atoms with Gasteiger partial charge in [0, 0.05) is 32.9 Å². The fraction of sp³-hybridized carbons (Fsp3) is 0.542. The maximum Gasteiger partial charge on any atom is 0.276 e. The van der Waals surface area contributed by atoms with Crippen LogP contribution in [0, 0.1) is 6.92 Å². The van der Waals surface area contributed by atoms with E-state index in [0.29, 0.717) is 36.4 Å². The third-order valence-corrected chi connectivity index (χ3v) is 6.85. The maximum absolute atomic E-state index is 13.2. The number of hydrogen-bond donors (Lipinski definition) is 1. The van der Waals surface area contributed by atoms with Gasteiger partial charge in [0.2, 0.25) is 12.4 Å². The molecule has 5 rings (SSSR count). The maximum atomic E-state index is 13.2. The molecule has 2 fully saturated rings. The average molecular weight is 484 g/mol. The first-order valence-electron chi connectivity index (χ1n) is 11.8. The van der Waals surface area contributed by atoms with Crippen molar-refractivity contribution >= 4 is 17.8 Å². The first-order chi connectivity index (χ1) is 16.6. The molecule has 0 atom stereocenters. The van der Waals surface area contributed by atoms with Crippen molar-refractivity contribution < 1.29 is 14.3 Å². The van der Waals surface area contributed by atoms with Crippen LogP contribution in [0.15, 0.2) is 29.3 Å². The number of ether oxygens (including phenoxy) is 1. The lowest BCUT2D eigenvalue weighted by molar-refractivity contribution is -0.133. The van der Waals surface area contributed by atoms with Crippen LogP contribution in [-0.2, 0) is 9.53 Å². The van der Waals surface area contributed by atoms with Gasteiger partial charge in [-0.1, -0.05) is 0 Å². The number of nitrogens with one attached hydrogen (secondary N) is 1. The van der Waals surface area contributed by atoms with Crippen LogP contribution in [0.1, 0.15) is 56.1 Å². The highest BCUT2D eigenvalue weighted by molar-refractivity contribution is 5.95. The number of carbonyl (C=O) groups excluding carboxylic acids is 2. The van der Waals surface area contributed by atoms with Crippen molar-refractivity contribution in [2.24, 2.45) is 0 Å². The molecule has 35 heavy (non-hydrogen) atoms. The molecule has 188 valence electrons. The van der Waals surface area contributed by atoms with Gasteiger partial charge in [-0.2, -0.15) is 5.10 Å². The van der Waals surface area contributed by atoms with Crippen LogP contribution in [0.3, 0.4) is 0 Å². The van der Waals surface area contributed by atoms with Crippen LogP contribution in [0.25, 0.3) is 11.5 Å². The van der Waals surface area contributed by atoms with Crippen molar-refractivity contribution in [3.63, 3.8) is 0 Å². The molecule has 1 N–H and O–H groups in total. The summed E-state index contributed by atoms with van der Waals surface area (Å²) in [7, 11) is 1.71. The minimum absolute atomic E-state index is 0.0417. The molecular weight excluding hydrogens is 450 g/mol. The van der Waals surface area contributed by atoms with Crippen molar-refractivity contribution in [2.75, 3.05) is 26.7 Å². The molecule has 3 aromatic rings. The van der Waals surface area contributed by atoms with Gasteiger partial charge in [-0.25, -0.2) is 9.20 Å². The van der Waals surface area contributed by atoms with Gasteiger partial charge in [0.1, 0.15) is 5.52 Å². The van der Waals surface area contributed by atoms with Crippen LogP contribution in [0.2, 0.25) is 0 Å². The molecule has 1 aliphatic heterocycles. The second-order valence-corrected chi connectivity index (χ2v) is 10.1. The van der Waals surface area contributed by atoms with E-state index >= 15 is 0 Å². The molecule has 0 bridgehead atoms. The Balaban J connectivity index is 0.000000431. The SMILES string of the molecule is COC(C)(C)C.Cc1c(C(=O)N2CCN(C=O)C3(CCC3)C2)cnn1-c1nn2cccc2c(=O)[nH]1. The summed E-state index contributed by atoms with van der Waals surface area (Å²) in [4.78, 5) is 43.2. The summed E-state index contributed by atoms with van der Waals surface area (Å²) >= 11 is 0. The fourth-order valence-corrected chi connectivity index (χ4v) is 4.39. The number of methoxy groups -OCH3 is 1. The van der Waals surface area contributed by atoms with E-state index in [9.17, 15) is 14.4 Å². The third kappa shape index (κ3) is 4.72. The molecule has 1 aliphatic carbocycles. The molecule has 1 spiro atoms. The van der Waals surface area contributed by atoms with Crippen LogP contribution in [0.5, 0.6) is 0 Å². The van der Waals surface area contributed by atoms with Gasteiger partial charge in [0.05, 0.1) is 28.6 Å². The van der Waals surface area contributed by atoms with Gasteiger partial charge in [0.15, 0.2) is 0 Å². The first-order valence-corrected chi connectivity index (χ1v) is 11.8. The summed E-state index contributed by atoms with van der Waals surface area (Å²) in [5.41, 5.74) is 1.05. The van der Waals surface area contributed by atoms with E-state index in [1.165, 1.54) is 15.4 Å². The van der Waals surface area contributed by atoms with Gasteiger partial charge in [0.25, 0.3) is 11.5 Å². The number of H-pyrrole nitrogens is 1. The standard InChI is InChI=1S/C19H21N7O3.C5H12O/c1-13-14(17(29)23-8-9-24(12-27)19(11-23)5-3-6-19)10-20-26(13)18-21-16(28)15-4-2-7-25(15)22-18;1-5(2,3)6-4/h2,4,7,10,12H,3,5-6,8-9,11H2,1H3,(H,21,22,28);1-4H3. The van der Waals surface area contributed by atoms with Crippen molar-refractivity contribution in [2.45, 2.75) is 58.1 Å². The lowest BCUT2D eigenvalue weighted by atomic mass is 9.74. The zero-order valence-corrected chi connectivity index (χ0v) is 20.9. The summed E-state index contributed by atoms with van der Waals surface area (Å²) in [6, 6.07) is 3.41. The Morgan fingerprint density at radius 2 is 1.97 bits per heavy atom. The van der Waals surface area contributed by atoms with Gasteiger partial charge in [-0.15, -0.1) is 5.10 Å². The quantitative estimate of drug-likeness (QED) is 0.568. The second-order valence-electron chi connectivity index (χ2n) is 10.1. The molecular formula is C24H33N7O4. The zero-order valence-electron chi connectivity index (χ0n) is 20.9. The van der Waals surface area contributed by atoms with Crippen molar-refractivity contribution in [1.29, 1.82) is 0 Å². The Kier molecular flexibility index (Phi) is 6.54. The van der Waals surface area contributed by atoms with Crippen LogP contribution in [0.4, 0.5) is 0 Å². The first kappa shape index (κ1) is 24.6. The molecule has 11 nitrogen and oxygen atoms in total. The smallest absolute Gasteiger partial charge is 0.276 e. The van der Waals surface area contributed by atoms with Crippen LogP contribution in [-0.4, -0.2) is 84.4 Å². The predicted octanol–water partition coefficient (Wildman–Crippen LogP) is 1.78. The summed E-state index contributed by atoms with van der Waals surface area (Å²) in [6.45, 7) is 9.42. The van der Waals surface area contributed by atoms with E-state index < -0.39 is 0 Å². The second kappa shape index (κ2) is 9.29. The van der Waals surface area contributed by atoms with E-state index in [1.54, 1.807) is 37.3 Å². The van der Waals surface area contributed by atoms with Crippen molar-refractivity contribution in [1.82, 2.24) is 34.2 Å². The number of carbonyl (C=O) groups is 2. The Bertz CT molecular complexity index is 1280. The molecule has 1 saturated heterocycles. The Labute approximate surface area is 203 Å². The molecule has 11 heteroatoms. The van der Waals surface area contributed by atoms with Gasteiger partial charge < -0.3 is 14.5 Å². The normalized spacial score (nSPS) is 17.2. The minimum Gasteiger partial charge on any atom is -0.379 e. The summed E-state index contributed by atoms with van der Waals surface area (Å²) in [6.07, 6.45) is 7.03. The Morgan fingerprint density at radius 1 is 1.26 bits per heavy atom. The number of nitrogens with zero attached hydrogens (tertiary/aromatic N) is 6. The molecule has 0 unspecified atom stereocenters. The van der Waals surface area contributed by atoms with Gasteiger partial charge in [-0.05, 0) is 59.1 Å². The van der Waals surface area contributed by atoms with E-state index in [0.717, 1.165) is 25.7 Å². The number of hydrogen-bond acceptors (Lipinski definition) is 6. The molecule has 0 radical (unpaired) electrons. The fourth-order valence-electron chi connectivity index (χ4n) is 4.39. The van der Waals surface area contributed by atoms with Gasteiger partial charge in [-0.3, -0.25) is 19.4 Å². The number of amides is 2. The lowest BCUT2D eigenvalue weighted by Gasteiger charge is -2.54. The average Bonchev–Trinajstić information content (AvgIpc) is 3.43. The number of rotatable bonds is 3. The van der Waals surface area contributed by atoms with E-state index in [-0.39, 0.29) is 28.6 Å². The minimum atomic E-state index is -0.278. The molecule has 0 aromatic carbocycles. The zero-order chi connectivity index (χ0) is 25.4. The highest BCUT2D eigenvalue weighted by Crippen LogP contribution is 2.39. The molecule has 1 saturated carbocycles. The predicted molar refractivity (Wildman–Crippen MR) is 130 cm³/mol. The lowest BCUT2D eigenvalue weighted by Crippen LogP contribution is -2.65.